The summed E-state index contributed by atoms with van der Waals surface area (Å²) in [5.74, 6) is 0. The highest BCUT2D eigenvalue weighted by molar-refractivity contribution is 6.01. The first-order valence-corrected chi connectivity index (χ1v) is 6.46. The molecule has 90 valence electrons. The van der Waals surface area contributed by atoms with Crippen LogP contribution in [-0.4, -0.2) is 0 Å². The van der Waals surface area contributed by atoms with Gasteiger partial charge in [0.1, 0.15) is 0 Å². The van der Waals surface area contributed by atoms with Gasteiger partial charge in [0.05, 0.1) is 0 Å². The fraction of sp³-hybridized carbons (Fsp3) is 0.222. The second-order valence-electron chi connectivity index (χ2n) is 5.46. The lowest BCUT2D eigenvalue weighted by Crippen LogP contribution is -1.86. The van der Waals surface area contributed by atoms with E-state index in [4.69, 9.17) is 0 Å². The van der Waals surface area contributed by atoms with Crippen LogP contribution in [-0.2, 0) is 0 Å². The molecule has 18 heavy (non-hydrogen) atoms. The van der Waals surface area contributed by atoms with Crippen LogP contribution in [0.4, 0.5) is 0 Å². The fourth-order valence-corrected chi connectivity index (χ4v) is 2.97. The molecule has 0 aliphatic rings. The Bertz CT molecular complexity index is 701. The monoisotopic (exact) mass is 234 g/mol. The summed E-state index contributed by atoms with van der Waals surface area (Å²) < 4.78 is 0. The van der Waals surface area contributed by atoms with Gasteiger partial charge in [0.2, 0.25) is 0 Å². The van der Waals surface area contributed by atoms with Gasteiger partial charge in [-0.25, -0.2) is 0 Å². The van der Waals surface area contributed by atoms with Crippen molar-refractivity contribution in [2.75, 3.05) is 0 Å². The van der Waals surface area contributed by atoms with Crippen molar-refractivity contribution in [3.05, 3.63) is 58.7 Å². The zero-order valence-corrected chi connectivity index (χ0v) is 11.5. The third kappa shape index (κ3) is 1.69. The topological polar surface area (TPSA) is 0 Å². The van der Waals surface area contributed by atoms with E-state index in [0.29, 0.717) is 0 Å². The van der Waals surface area contributed by atoms with Gasteiger partial charge in [-0.15, -0.1) is 0 Å². The molecule has 0 aliphatic carbocycles. The van der Waals surface area contributed by atoms with Gasteiger partial charge in [-0.3, -0.25) is 0 Å². The second-order valence-corrected chi connectivity index (χ2v) is 5.46. The van der Waals surface area contributed by atoms with E-state index in [1.807, 2.05) is 0 Å². The number of hydrogen-bond donors (Lipinski definition) is 0. The van der Waals surface area contributed by atoms with Crippen molar-refractivity contribution in [1.29, 1.82) is 0 Å². The summed E-state index contributed by atoms with van der Waals surface area (Å²) in [6, 6.07) is 13.7. The first kappa shape index (κ1) is 11.3. The summed E-state index contributed by atoms with van der Waals surface area (Å²) in [5, 5.41) is 5.45. The van der Waals surface area contributed by atoms with Crippen molar-refractivity contribution in [2.24, 2.45) is 0 Å². The zero-order chi connectivity index (χ0) is 12.9. The van der Waals surface area contributed by atoms with Crippen LogP contribution in [0.3, 0.4) is 0 Å². The third-order valence-electron chi connectivity index (χ3n) is 3.73. The van der Waals surface area contributed by atoms with Gasteiger partial charge < -0.3 is 0 Å². The van der Waals surface area contributed by atoms with E-state index in [9.17, 15) is 0 Å². The Morgan fingerprint density at radius 3 is 1.39 bits per heavy atom. The third-order valence-corrected chi connectivity index (χ3v) is 3.73. The summed E-state index contributed by atoms with van der Waals surface area (Å²) in [6.45, 7) is 8.73. The molecule has 0 atom stereocenters. The minimum Gasteiger partial charge on any atom is -0.0557 e. The van der Waals surface area contributed by atoms with Crippen LogP contribution in [0.2, 0.25) is 0 Å². The van der Waals surface area contributed by atoms with Gasteiger partial charge >= 0.3 is 0 Å². The maximum absolute atomic E-state index is 2.34. The first-order chi connectivity index (χ1) is 8.54. The lowest BCUT2D eigenvalue weighted by molar-refractivity contribution is 1.42. The van der Waals surface area contributed by atoms with Gasteiger partial charge in [0.25, 0.3) is 0 Å². The Labute approximate surface area is 108 Å². The van der Waals surface area contributed by atoms with Gasteiger partial charge in [-0.2, -0.15) is 0 Å². The Kier molecular flexibility index (Phi) is 2.41. The summed E-state index contributed by atoms with van der Waals surface area (Å²) in [6.07, 6.45) is 0. The van der Waals surface area contributed by atoms with Crippen LogP contribution >= 0.6 is 0 Å². The molecule has 0 aliphatic heterocycles. The summed E-state index contributed by atoms with van der Waals surface area (Å²) in [7, 11) is 0. The van der Waals surface area contributed by atoms with E-state index < -0.39 is 0 Å². The highest BCUT2D eigenvalue weighted by Gasteiger charge is 2.04. The quantitative estimate of drug-likeness (QED) is 0.467. The molecule has 3 rings (SSSR count). The fourth-order valence-electron chi connectivity index (χ4n) is 2.97. The van der Waals surface area contributed by atoms with Crippen LogP contribution in [0, 0.1) is 27.7 Å². The molecule has 0 aromatic heterocycles. The molecule has 0 spiro atoms. The first-order valence-electron chi connectivity index (χ1n) is 6.46. The highest BCUT2D eigenvalue weighted by Crippen LogP contribution is 2.29. The van der Waals surface area contributed by atoms with E-state index in [1.54, 1.807) is 0 Å². The van der Waals surface area contributed by atoms with E-state index in [2.05, 4.69) is 64.1 Å². The van der Waals surface area contributed by atoms with Gasteiger partial charge in [-0.05, 0) is 72.5 Å². The largest absolute Gasteiger partial charge is 0.0557 e. The van der Waals surface area contributed by atoms with E-state index >= 15 is 0 Å². The molecule has 0 heteroatoms. The van der Waals surface area contributed by atoms with Gasteiger partial charge in [0.15, 0.2) is 0 Å². The minimum absolute atomic E-state index is 1.34. The standard InChI is InChI=1S/C18H18/c1-11-5-13(3)17-10-18-14(4)6-12(2)8-16(18)9-15(17)7-11/h5-10H,1-4H3. The number of fused-ring (bicyclic) bond motifs is 2. The van der Waals surface area contributed by atoms with Crippen LogP contribution in [0.25, 0.3) is 21.5 Å². The Morgan fingerprint density at radius 2 is 0.944 bits per heavy atom. The Hall–Kier alpha value is -1.82. The molecule has 3 aromatic carbocycles. The molecule has 0 fully saturated rings. The Morgan fingerprint density at radius 1 is 0.500 bits per heavy atom. The maximum atomic E-state index is 2.34. The molecule has 0 saturated heterocycles. The number of aryl methyl sites for hydroxylation is 4. The molecule has 0 nitrogen and oxygen atoms in total. The summed E-state index contributed by atoms with van der Waals surface area (Å²) in [4.78, 5) is 0. The molecule has 0 N–H and O–H groups in total. The van der Waals surface area contributed by atoms with Crippen molar-refractivity contribution in [3.8, 4) is 0 Å². The molecule has 0 bridgehead atoms. The summed E-state index contributed by atoms with van der Waals surface area (Å²) >= 11 is 0. The zero-order valence-electron chi connectivity index (χ0n) is 11.5. The van der Waals surface area contributed by atoms with Crippen LogP contribution in [0.15, 0.2) is 36.4 Å². The molecular formula is C18H18. The van der Waals surface area contributed by atoms with Crippen molar-refractivity contribution >= 4 is 21.5 Å². The highest BCUT2D eigenvalue weighted by atomic mass is 14.1. The molecule has 0 unspecified atom stereocenters. The van der Waals surface area contributed by atoms with E-state index in [0.717, 1.165) is 0 Å². The normalized spacial score (nSPS) is 11.3. The second kappa shape index (κ2) is 3.84. The number of benzene rings is 3. The van der Waals surface area contributed by atoms with E-state index in [1.165, 1.54) is 43.8 Å². The van der Waals surface area contributed by atoms with Crippen molar-refractivity contribution in [2.45, 2.75) is 27.7 Å². The van der Waals surface area contributed by atoms with Crippen LogP contribution in [0.1, 0.15) is 22.3 Å². The van der Waals surface area contributed by atoms with Crippen molar-refractivity contribution < 1.29 is 0 Å². The van der Waals surface area contributed by atoms with E-state index in [-0.39, 0.29) is 0 Å². The Balaban J connectivity index is 2.51. The van der Waals surface area contributed by atoms with Crippen LogP contribution < -0.4 is 0 Å². The summed E-state index contributed by atoms with van der Waals surface area (Å²) in [5.41, 5.74) is 5.41. The van der Waals surface area contributed by atoms with Gasteiger partial charge in [0, 0.05) is 0 Å². The molecule has 0 amide bonds. The van der Waals surface area contributed by atoms with Crippen molar-refractivity contribution in [3.63, 3.8) is 0 Å². The van der Waals surface area contributed by atoms with Gasteiger partial charge in [-0.1, -0.05) is 35.4 Å². The average Bonchev–Trinajstić information content (AvgIpc) is 2.26. The predicted molar refractivity (Wildman–Crippen MR) is 80.4 cm³/mol. The molecular weight excluding hydrogens is 216 g/mol. The van der Waals surface area contributed by atoms with Crippen LogP contribution in [0.5, 0.6) is 0 Å². The lowest BCUT2D eigenvalue weighted by Gasteiger charge is -2.09. The predicted octanol–water partition coefficient (Wildman–Crippen LogP) is 5.23. The maximum Gasteiger partial charge on any atom is -0.0148 e. The molecule has 0 radical (unpaired) electrons. The molecule has 3 aromatic rings. The minimum atomic E-state index is 1.34. The molecule has 0 saturated carbocycles. The lowest BCUT2D eigenvalue weighted by atomic mass is 9.95. The average molecular weight is 234 g/mol. The number of rotatable bonds is 0. The number of hydrogen-bond acceptors (Lipinski definition) is 0. The van der Waals surface area contributed by atoms with Crippen molar-refractivity contribution in [1.82, 2.24) is 0 Å². The smallest absolute Gasteiger partial charge is 0.0148 e. The SMILES string of the molecule is Cc1cc(C)c2cc3c(C)cc(C)cc3cc2c1. The molecule has 0 heterocycles.